The summed E-state index contributed by atoms with van der Waals surface area (Å²) in [5.74, 6) is 1.20. The molecule has 0 saturated carbocycles. The van der Waals surface area contributed by atoms with Gasteiger partial charge in [0.1, 0.15) is 18.6 Å². The predicted octanol–water partition coefficient (Wildman–Crippen LogP) is 4.71. The molecule has 1 aromatic heterocycles. The van der Waals surface area contributed by atoms with E-state index in [2.05, 4.69) is 0 Å². The number of aliphatic hydroxyl groups excluding tert-OH is 1. The monoisotopic (exact) mass is 438 g/mol. The first-order valence-electron chi connectivity index (χ1n) is 10.6. The van der Waals surface area contributed by atoms with E-state index in [-0.39, 0.29) is 5.43 Å². The average Bonchev–Trinajstić information content (AvgIpc) is 2.77. The molecule has 2 aromatic carbocycles. The molecule has 1 atom stereocenters. The number of methoxy groups -OCH3 is 1. The van der Waals surface area contributed by atoms with Crippen LogP contribution in [0.3, 0.4) is 0 Å². The summed E-state index contributed by atoms with van der Waals surface area (Å²) < 4.78 is 16.8. The van der Waals surface area contributed by atoms with E-state index in [4.69, 9.17) is 13.9 Å². The van der Waals surface area contributed by atoms with Gasteiger partial charge in [0.15, 0.2) is 11.3 Å². The van der Waals surface area contributed by atoms with Gasteiger partial charge in [-0.2, -0.15) is 0 Å². The average molecular weight is 439 g/mol. The number of para-hydroxylation sites is 1. The molecule has 0 bridgehead atoms. The van der Waals surface area contributed by atoms with Crippen molar-refractivity contribution in [3.8, 4) is 22.6 Å². The number of ether oxygens (including phenoxy) is 2. The van der Waals surface area contributed by atoms with Gasteiger partial charge in [0.2, 0.25) is 5.43 Å². The van der Waals surface area contributed by atoms with Gasteiger partial charge < -0.3 is 24.1 Å². The molecule has 1 unspecified atom stereocenters. The van der Waals surface area contributed by atoms with E-state index in [1.165, 1.54) is 6.26 Å². The lowest BCUT2D eigenvalue weighted by Crippen LogP contribution is -2.35. The van der Waals surface area contributed by atoms with Crippen molar-refractivity contribution in [1.29, 1.82) is 0 Å². The Morgan fingerprint density at radius 3 is 2.56 bits per heavy atom. The van der Waals surface area contributed by atoms with Crippen LogP contribution in [0.5, 0.6) is 11.5 Å². The van der Waals surface area contributed by atoms with Crippen molar-refractivity contribution < 1.29 is 24.1 Å². The minimum atomic E-state index is -1.12. The number of aliphatic hydroxyl groups is 2. The summed E-state index contributed by atoms with van der Waals surface area (Å²) in [7, 11) is 1.59. The van der Waals surface area contributed by atoms with Crippen LogP contribution in [0, 0.1) is 0 Å². The third-order valence-electron chi connectivity index (χ3n) is 5.46. The van der Waals surface area contributed by atoms with Crippen LogP contribution < -0.4 is 14.9 Å². The van der Waals surface area contributed by atoms with E-state index in [1.807, 2.05) is 25.1 Å². The van der Waals surface area contributed by atoms with E-state index < -0.39 is 11.7 Å². The molecule has 0 saturated heterocycles. The third-order valence-corrected chi connectivity index (χ3v) is 5.46. The third kappa shape index (κ3) is 5.58. The van der Waals surface area contributed by atoms with Crippen molar-refractivity contribution in [3.63, 3.8) is 0 Å². The molecule has 6 nitrogen and oxygen atoms in total. The van der Waals surface area contributed by atoms with Crippen LogP contribution in [0.2, 0.25) is 0 Å². The van der Waals surface area contributed by atoms with Crippen LogP contribution in [0.15, 0.2) is 69.6 Å². The Balaban J connectivity index is 1.74. The molecule has 3 rings (SSSR count). The lowest BCUT2D eigenvalue weighted by atomic mass is 9.96. The van der Waals surface area contributed by atoms with Crippen LogP contribution in [0.4, 0.5) is 0 Å². The highest BCUT2D eigenvalue weighted by Gasteiger charge is 2.23. The molecule has 6 heteroatoms. The Labute approximate surface area is 187 Å². The van der Waals surface area contributed by atoms with Crippen LogP contribution in [0.25, 0.3) is 22.1 Å². The number of allylic oxidation sites excluding steroid dienone is 1. The molecule has 0 fully saturated rings. The van der Waals surface area contributed by atoms with Crippen LogP contribution in [-0.4, -0.2) is 35.6 Å². The fraction of sp³-hybridized carbons (Fsp3) is 0.346. The Kier molecular flexibility index (Phi) is 7.38. The topological polar surface area (TPSA) is 89.1 Å². The van der Waals surface area contributed by atoms with Crippen LogP contribution in [-0.2, 0) is 0 Å². The van der Waals surface area contributed by atoms with Crippen molar-refractivity contribution in [2.24, 2.45) is 0 Å². The van der Waals surface area contributed by atoms with Gasteiger partial charge >= 0.3 is 0 Å². The Morgan fingerprint density at radius 1 is 1.19 bits per heavy atom. The van der Waals surface area contributed by atoms with Crippen molar-refractivity contribution >= 4 is 11.0 Å². The molecule has 32 heavy (non-hydrogen) atoms. The maximum atomic E-state index is 13.0. The highest BCUT2D eigenvalue weighted by molar-refractivity contribution is 5.86. The largest absolute Gasteiger partial charge is 0.497 e. The summed E-state index contributed by atoms with van der Waals surface area (Å²) in [5.41, 5.74) is 1.41. The smallest absolute Gasteiger partial charge is 0.200 e. The minimum Gasteiger partial charge on any atom is -0.497 e. The first kappa shape index (κ1) is 23.6. The highest BCUT2D eigenvalue weighted by atomic mass is 16.5. The lowest BCUT2D eigenvalue weighted by molar-refractivity contribution is -0.0509. The molecule has 0 aliphatic carbocycles. The second kappa shape index (κ2) is 10.0. The van der Waals surface area contributed by atoms with Gasteiger partial charge in [-0.15, -0.1) is 0 Å². The summed E-state index contributed by atoms with van der Waals surface area (Å²) in [6.07, 6.45) is 3.69. The van der Waals surface area contributed by atoms with Crippen molar-refractivity contribution in [3.05, 3.63) is 70.6 Å². The second-order valence-electron chi connectivity index (χ2n) is 8.41. The summed E-state index contributed by atoms with van der Waals surface area (Å²) in [6.45, 7) is 5.43. The van der Waals surface area contributed by atoms with E-state index in [1.54, 1.807) is 51.3 Å². The maximum absolute atomic E-state index is 13.0. The molecule has 3 aromatic rings. The SMILES string of the molecule is COc1ccc(-c2coc3c(OC/C=C(\C)CCC(O)C(C)(C)O)cccc3c2=O)cc1. The molecule has 0 radical (unpaired) electrons. The summed E-state index contributed by atoms with van der Waals surface area (Å²) in [4.78, 5) is 13.0. The van der Waals surface area contributed by atoms with Gasteiger partial charge in [0.25, 0.3) is 0 Å². The number of benzene rings is 2. The van der Waals surface area contributed by atoms with E-state index in [9.17, 15) is 15.0 Å². The van der Waals surface area contributed by atoms with Gasteiger partial charge in [0, 0.05) is 0 Å². The normalized spacial score (nSPS) is 13.2. The molecular formula is C26H30O6. The molecule has 0 aliphatic heterocycles. The van der Waals surface area contributed by atoms with Crippen molar-refractivity contribution in [1.82, 2.24) is 0 Å². The zero-order valence-corrected chi connectivity index (χ0v) is 18.9. The molecule has 170 valence electrons. The fourth-order valence-corrected chi connectivity index (χ4v) is 3.31. The predicted molar refractivity (Wildman–Crippen MR) is 125 cm³/mol. The minimum absolute atomic E-state index is 0.130. The molecule has 1 heterocycles. The van der Waals surface area contributed by atoms with E-state index >= 15 is 0 Å². The van der Waals surface area contributed by atoms with Crippen LogP contribution in [0.1, 0.15) is 33.6 Å². The van der Waals surface area contributed by atoms with Gasteiger partial charge in [0.05, 0.1) is 29.8 Å². The maximum Gasteiger partial charge on any atom is 0.200 e. The van der Waals surface area contributed by atoms with Crippen molar-refractivity contribution in [2.75, 3.05) is 13.7 Å². The van der Waals surface area contributed by atoms with Gasteiger partial charge in [-0.1, -0.05) is 23.8 Å². The summed E-state index contributed by atoms with van der Waals surface area (Å²) in [5, 5.41) is 20.2. The molecule has 0 amide bonds. The van der Waals surface area contributed by atoms with E-state index in [0.29, 0.717) is 47.5 Å². The molecule has 0 aliphatic rings. The number of hydrogen-bond acceptors (Lipinski definition) is 6. The fourth-order valence-electron chi connectivity index (χ4n) is 3.31. The summed E-state index contributed by atoms with van der Waals surface area (Å²) >= 11 is 0. The highest BCUT2D eigenvalue weighted by Crippen LogP contribution is 2.27. The zero-order chi connectivity index (χ0) is 23.3. The Hall–Kier alpha value is -3.09. The standard InChI is InChI=1S/C26H30O6/c1-17(8-13-23(27)26(2,3)29)14-15-31-22-7-5-6-20-24(28)21(16-32-25(20)22)18-9-11-19(30-4)12-10-18/h5-7,9-12,14,16,23,27,29H,8,13,15H2,1-4H3/b17-14+. The molecule has 2 N–H and O–H groups in total. The number of fused-ring (bicyclic) bond motifs is 1. The summed E-state index contributed by atoms with van der Waals surface area (Å²) in [6, 6.07) is 12.5. The van der Waals surface area contributed by atoms with Crippen molar-refractivity contribution in [2.45, 2.75) is 45.3 Å². The van der Waals surface area contributed by atoms with Crippen LogP contribution >= 0.6 is 0 Å². The second-order valence-corrected chi connectivity index (χ2v) is 8.41. The lowest BCUT2D eigenvalue weighted by Gasteiger charge is -2.24. The van der Waals surface area contributed by atoms with E-state index in [0.717, 1.165) is 11.1 Å². The Morgan fingerprint density at radius 2 is 1.91 bits per heavy atom. The molecular weight excluding hydrogens is 408 g/mol. The van der Waals surface area contributed by atoms with Gasteiger partial charge in [-0.3, -0.25) is 4.79 Å². The number of hydrogen-bond donors (Lipinski definition) is 2. The van der Waals surface area contributed by atoms with Gasteiger partial charge in [-0.05, 0) is 69.5 Å². The quantitative estimate of drug-likeness (QED) is 0.471. The number of rotatable bonds is 9. The zero-order valence-electron chi connectivity index (χ0n) is 18.9. The first-order chi connectivity index (χ1) is 15.2. The van der Waals surface area contributed by atoms with Gasteiger partial charge in [-0.25, -0.2) is 0 Å². The first-order valence-corrected chi connectivity index (χ1v) is 10.6. The molecule has 0 spiro atoms. The Bertz CT molecular complexity index is 1140.